The fourth-order valence-electron chi connectivity index (χ4n) is 3.72. The van der Waals surface area contributed by atoms with Crippen molar-refractivity contribution < 1.29 is 9.53 Å². The zero-order valence-corrected chi connectivity index (χ0v) is 14.8. The molecule has 1 saturated heterocycles. The number of nitrogens with one attached hydrogen (secondary N) is 1. The molecule has 0 bridgehead atoms. The fraction of sp³-hybridized carbons (Fsp3) is 0.632. The van der Waals surface area contributed by atoms with Gasteiger partial charge in [-0.1, -0.05) is 12.8 Å². The van der Waals surface area contributed by atoms with E-state index < -0.39 is 0 Å². The predicted molar refractivity (Wildman–Crippen MR) is 96.6 cm³/mol. The van der Waals surface area contributed by atoms with Gasteiger partial charge in [0.15, 0.2) is 0 Å². The van der Waals surface area contributed by atoms with Gasteiger partial charge in [0, 0.05) is 37.9 Å². The molecule has 1 aliphatic heterocycles. The van der Waals surface area contributed by atoms with Crippen molar-refractivity contribution in [2.75, 3.05) is 38.2 Å². The summed E-state index contributed by atoms with van der Waals surface area (Å²) in [7, 11) is 1.69. The normalized spacial score (nSPS) is 20.8. The third-order valence-electron chi connectivity index (χ3n) is 5.38. The van der Waals surface area contributed by atoms with Crippen LogP contribution < -0.4 is 15.0 Å². The Hall–Kier alpha value is -1.75. The molecule has 132 valence electrons. The van der Waals surface area contributed by atoms with Gasteiger partial charge in [-0.15, -0.1) is 0 Å². The molecule has 5 nitrogen and oxygen atoms in total. The maximum atomic E-state index is 12.4. The second kappa shape index (κ2) is 7.88. The number of amides is 1. The molecule has 1 aliphatic carbocycles. The Kier molecular flexibility index (Phi) is 5.61. The lowest BCUT2D eigenvalue weighted by atomic mass is 10.1. The van der Waals surface area contributed by atoms with Crippen LogP contribution in [0.1, 0.15) is 32.6 Å². The summed E-state index contributed by atoms with van der Waals surface area (Å²) in [5, 5.41) is 3.22. The van der Waals surface area contributed by atoms with Gasteiger partial charge in [0.2, 0.25) is 5.91 Å². The molecule has 2 fully saturated rings. The smallest absolute Gasteiger partial charge is 0.237 e. The minimum Gasteiger partial charge on any atom is -0.497 e. The first-order valence-electron chi connectivity index (χ1n) is 9.11. The summed E-state index contributed by atoms with van der Waals surface area (Å²) in [5.41, 5.74) is 1.22. The molecule has 5 heteroatoms. The van der Waals surface area contributed by atoms with Gasteiger partial charge in [0.1, 0.15) is 5.75 Å². The summed E-state index contributed by atoms with van der Waals surface area (Å²) in [6, 6.07) is 8.57. The van der Waals surface area contributed by atoms with Gasteiger partial charge in [0.25, 0.3) is 0 Å². The van der Waals surface area contributed by atoms with E-state index in [0.717, 1.165) is 44.8 Å². The number of ether oxygens (including phenoxy) is 1. The number of rotatable bonds is 5. The number of hydrogen-bond acceptors (Lipinski definition) is 4. The molecule has 1 amide bonds. The van der Waals surface area contributed by atoms with Crippen LogP contribution in [0.2, 0.25) is 0 Å². The topological polar surface area (TPSA) is 44.8 Å². The molecule has 24 heavy (non-hydrogen) atoms. The Balaban J connectivity index is 1.49. The standard InChI is InChI=1S/C19H29N3O2/c1-15(19(23)20-16-5-3-4-6-16)21-11-13-22(14-12-21)17-7-9-18(24-2)10-8-17/h7-10,15-16H,3-6,11-14H2,1-2H3,(H,20,23). The van der Waals surface area contributed by atoms with E-state index in [1.54, 1.807) is 7.11 Å². The van der Waals surface area contributed by atoms with Crippen LogP contribution in [0, 0.1) is 0 Å². The van der Waals surface area contributed by atoms with Gasteiger partial charge in [0.05, 0.1) is 13.2 Å². The maximum absolute atomic E-state index is 12.4. The minimum absolute atomic E-state index is 0.0383. The fourth-order valence-corrected chi connectivity index (χ4v) is 3.72. The van der Waals surface area contributed by atoms with Crippen LogP contribution >= 0.6 is 0 Å². The van der Waals surface area contributed by atoms with Crippen LogP contribution in [0.15, 0.2) is 24.3 Å². The molecule has 0 aromatic heterocycles. The zero-order valence-electron chi connectivity index (χ0n) is 14.8. The number of hydrogen-bond donors (Lipinski definition) is 1. The Morgan fingerprint density at radius 2 is 1.75 bits per heavy atom. The average molecular weight is 331 g/mol. The van der Waals surface area contributed by atoms with Gasteiger partial charge >= 0.3 is 0 Å². The average Bonchev–Trinajstić information content (AvgIpc) is 3.14. The Bertz CT molecular complexity index is 532. The summed E-state index contributed by atoms with van der Waals surface area (Å²) >= 11 is 0. The minimum atomic E-state index is -0.0383. The van der Waals surface area contributed by atoms with E-state index in [9.17, 15) is 4.79 Å². The lowest BCUT2D eigenvalue weighted by Crippen LogP contribution is -2.54. The lowest BCUT2D eigenvalue weighted by Gasteiger charge is -2.38. The van der Waals surface area contributed by atoms with Crippen molar-refractivity contribution in [2.45, 2.75) is 44.7 Å². The van der Waals surface area contributed by atoms with Crippen LogP contribution in [-0.4, -0.2) is 56.2 Å². The Morgan fingerprint density at radius 3 is 2.33 bits per heavy atom. The second-order valence-corrected chi connectivity index (χ2v) is 6.89. The van der Waals surface area contributed by atoms with Crippen molar-refractivity contribution in [1.29, 1.82) is 0 Å². The third-order valence-corrected chi connectivity index (χ3v) is 5.38. The van der Waals surface area contributed by atoms with E-state index >= 15 is 0 Å². The first kappa shape index (κ1) is 17.1. The second-order valence-electron chi connectivity index (χ2n) is 6.89. The van der Waals surface area contributed by atoms with Gasteiger partial charge in [-0.3, -0.25) is 9.69 Å². The van der Waals surface area contributed by atoms with Gasteiger partial charge in [-0.25, -0.2) is 0 Å². The number of piperazine rings is 1. The molecule has 2 aliphatic rings. The lowest BCUT2D eigenvalue weighted by molar-refractivity contribution is -0.126. The van der Waals surface area contributed by atoms with E-state index in [1.165, 1.54) is 18.5 Å². The highest BCUT2D eigenvalue weighted by Crippen LogP contribution is 2.21. The Morgan fingerprint density at radius 1 is 1.12 bits per heavy atom. The number of benzene rings is 1. The SMILES string of the molecule is COc1ccc(N2CCN(C(C)C(=O)NC3CCCC3)CC2)cc1. The predicted octanol–water partition coefficient (Wildman–Crippen LogP) is 2.26. The van der Waals surface area contributed by atoms with Gasteiger partial charge in [-0.05, 0) is 44.0 Å². The number of carbonyl (C=O) groups is 1. The van der Waals surface area contributed by atoms with Gasteiger partial charge < -0.3 is 15.0 Å². The quantitative estimate of drug-likeness (QED) is 0.899. The number of carbonyl (C=O) groups excluding carboxylic acids is 1. The maximum Gasteiger partial charge on any atom is 0.237 e. The highest BCUT2D eigenvalue weighted by atomic mass is 16.5. The summed E-state index contributed by atoms with van der Waals surface area (Å²) in [6.45, 7) is 5.78. The van der Waals surface area contributed by atoms with E-state index in [0.29, 0.717) is 6.04 Å². The first-order chi connectivity index (χ1) is 11.7. The summed E-state index contributed by atoms with van der Waals surface area (Å²) in [4.78, 5) is 17.1. The van der Waals surface area contributed by atoms with Gasteiger partial charge in [-0.2, -0.15) is 0 Å². The van der Waals surface area contributed by atoms with Crippen molar-refractivity contribution in [3.05, 3.63) is 24.3 Å². The van der Waals surface area contributed by atoms with Crippen LogP contribution in [0.3, 0.4) is 0 Å². The summed E-state index contributed by atoms with van der Waals surface area (Å²) in [5.74, 6) is 1.08. The van der Waals surface area contributed by atoms with Crippen molar-refractivity contribution in [2.24, 2.45) is 0 Å². The van der Waals surface area contributed by atoms with Crippen molar-refractivity contribution in [3.8, 4) is 5.75 Å². The number of methoxy groups -OCH3 is 1. The van der Waals surface area contributed by atoms with Crippen LogP contribution in [0.5, 0.6) is 5.75 Å². The molecule has 0 spiro atoms. The molecule has 0 radical (unpaired) electrons. The first-order valence-corrected chi connectivity index (χ1v) is 9.11. The highest BCUT2D eigenvalue weighted by molar-refractivity contribution is 5.81. The molecule has 1 atom stereocenters. The monoisotopic (exact) mass is 331 g/mol. The molecule has 1 aromatic rings. The molecule has 1 heterocycles. The molecule has 1 N–H and O–H groups in total. The van der Waals surface area contributed by atoms with Crippen LogP contribution in [-0.2, 0) is 4.79 Å². The van der Waals surface area contributed by atoms with Crippen molar-refractivity contribution in [1.82, 2.24) is 10.2 Å². The molecular weight excluding hydrogens is 302 g/mol. The molecule has 3 rings (SSSR count). The van der Waals surface area contributed by atoms with E-state index in [2.05, 4.69) is 27.2 Å². The number of anilines is 1. The highest BCUT2D eigenvalue weighted by Gasteiger charge is 2.27. The largest absolute Gasteiger partial charge is 0.497 e. The van der Waals surface area contributed by atoms with Crippen molar-refractivity contribution in [3.63, 3.8) is 0 Å². The van der Waals surface area contributed by atoms with E-state index in [4.69, 9.17) is 4.74 Å². The molecular formula is C19H29N3O2. The molecule has 1 saturated carbocycles. The zero-order chi connectivity index (χ0) is 16.9. The summed E-state index contributed by atoms with van der Waals surface area (Å²) < 4.78 is 5.21. The Labute approximate surface area is 145 Å². The van der Waals surface area contributed by atoms with Crippen LogP contribution in [0.25, 0.3) is 0 Å². The molecule has 1 unspecified atom stereocenters. The van der Waals surface area contributed by atoms with E-state index in [1.807, 2.05) is 19.1 Å². The third kappa shape index (κ3) is 4.01. The van der Waals surface area contributed by atoms with Crippen molar-refractivity contribution >= 4 is 11.6 Å². The number of nitrogens with zero attached hydrogens (tertiary/aromatic N) is 2. The molecule has 1 aromatic carbocycles. The van der Waals surface area contributed by atoms with E-state index in [-0.39, 0.29) is 11.9 Å². The summed E-state index contributed by atoms with van der Waals surface area (Å²) in [6.07, 6.45) is 4.78. The van der Waals surface area contributed by atoms with Crippen LogP contribution in [0.4, 0.5) is 5.69 Å².